The highest BCUT2D eigenvalue weighted by atomic mass is 35.5. The van der Waals surface area contributed by atoms with Crippen LogP contribution in [0.4, 0.5) is 0 Å². The lowest BCUT2D eigenvalue weighted by Gasteiger charge is -2.16. The summed E-state index contributed by atoms with van der Waals surface area (Å²) < 4.78 is 0. The van der Waals surface area contributed by atoms with Crippen LogP contribution in [0.5, 0.6) is 0 Å². The van der Waals surface area contributed by atoms with Gasteiger partial charge in [-0.25, -0.2) is 0 Å². The van der Waals surface area contributed by atoms with Crippen molar-refractivity contribution in [2.24, 2.45) is 0 Å². The largest absolute Gasteiger partial charge is 0.388 e. The molecule has 0 aromatic heterocycles. The van der Waals surface area contributed by atoms with Crippen molar-refractivity contribution in [3.63, 3.8) is 0 Å². The first-order valence-electron chi connectivity index (χ1n) is 7.64. The third kappa shape index (κ3) is 3.97. The van der Waals surface area contributed by atoms with Gasteiger partial charge in [-0.05, 0) is 30.4 Å². The monoisotopic (exact) mass is 280 g/mol. The van der Waals surface area contributed by atoms with Crippen LogP contribution in [0.25, 0.3) is 0 Å². The van der Waals surface area contributed by atoms with Gasteiger partial charge >= 0.3 is 0 Å². The number of rotatable bonds is 6. The van der Waals surface area contributed by atoms with E-state index in [9.17, 15) is 5.11 Å². The molecular weight excluding hydrogens is 256 g/mol. The molecule has 1 aliphatic rings. The Bertz CT molecular complexity index is 373. The van der Waals surface area contributed by atoms with Gasteiger partial charge in [0, 0.05) is 11.3 Å². The van der Waals surface area contributed by atoms with E-state index in [0.29, 0.717) is 11.3 Å². The van der Waals surface area contributed by atoms with Gasteiger partial charge in [-0.1, -0.05) is 56.9 Å². The SMILES string of the molecule is CCCCCC(O)c1ccc(C2CCC[C@@H]2Cl)cc1. The lowest BCUT2D eigenvalue weighted by molar-refractivity contribution is 0.163. The number of hydrogen-bond acceptors (Lipinski definition) is 1. The molecule has 0 bridgehead atoms. The third-order valence-electron chi connectivity index (χ3n) is 4.26. The van der Waals surface area contributed by atoms with Crippen molar-refractivity contribution < 1.29 is 5.11 Å². The highest BCUT2D eigenvalue weighted by Crippen LogP contribution is 2.38. The zero-order chi connectivity index (χ0) is 13.7. The highest BCUT2D eigenvalue weighted by Gasteiger charge is 2.26. The van der Waals surface area contributed by atoms with Crippen LogP contribution in [-0.4, -0.2) is 10.5 Å². The normalized spacial score (nSPS) is 24.6. The molecular formula is C17H25ClO. The number of alkyl halides is 1. The van der Waals surface area contributed by atoms with Crippen molar-refractivity contribution in [1.82, 2.24) is 0 Å². The van der Waals surface area contributed by atoms with Crippen LogP contribution in [0.2, 0.25) is 0 Å². The lowest BCUT2D eigenvalue weighted by atomic mass is 9.94. The summed E-state index contributed by atoms with van der Waals surface area (Å²) in [6.45, 7) is 2.19. The van der Waals surface area contributed by atoms with Crippen LogP contribution in [0, 0.1) is 0 Å². The molecule has 1 N–H and O–H groups in total. The van der Waals surface area contributed by atoms with E-state index in [0.717, 1.165) is 24.8 Å². The van der Waals surface area contributed by atoms with E-state index in [1.165, 1.54) is 31.2 Å². The van der Waals surface area contributed by atoms with Gasteiger partial charge in [-0.3, -0.25) is 0 Å². The maximum atomic E-state index is 10.1. The standard InChI is InChI=1S/C17H25ClO/c1-2-3-4-8-17(19)14-11-9-13(10-12-14)15-6-5-7-16(15)18/h9-12,15-17,19H,2-8H2,1H3/t15?,16-,17?/m0/s1. The molecule has 106 valence electrons. The molecule has 0 amide bonds. The number of hydrogen-bond donors (Lipinski definition) is 1. The van der Waals surface area contributed by atoms with Gasteiger partial charge in [0.15, 0.2) is 0 Å². The molecule has 1 aromatic carbocycles. The average Bonchev–Trinajstić information content (AvgIpc) is 2.85. The van der Waals surface area contributed by atoms with Crippen LogP contribution in [0.15, 0.2) is 24.3 Å². The van der Waals surface area contributed by atoms with Crippen LogP contribution < -0.4 is 0 Å². The number of unbranched alkanes of at least 4 members (excludes halogenated alkanes) is 2. The number of benzene rings is 1. The molecule has 2 unspecified atom stereocenters. The molecule has 2 heteroatoms. The van der Waals surface area contributed by atoms with Gasteiger partial charge in [-0.15, -0.1) is 11.6 Å². The van der Waals surface area contributed by atoms with Gasteiger partial charge in [0.2, 0.25) is 0 Å². The number of aliphatic hydroxyl groups excluding tert-OH is 1. The molecule has 1 aliphatic carbocycles. The molecule has 1 aromatic rings. The van der Waals surface area contributed by atoms with Crippen LogP contribution >= 0.6 is 11.6 Å². The van der Waals surface area contributed by atoms with Crippen molar-refractivity contribution in [1.29, 1.82) is 0 Å². The smallest absolute Gasteiger partial charge is 0.0790 e. The van der Waals surface area contributed by atoms with Crippen LogP contribution in [-0.2, 0) is 0 Å². The number of aliphatic hydroxyl groups is 1. The summed E-state index contributed by atoms with van der Waals surface area (Å²) in [6, 6.07) is 8.47. The van der Waals surface area contributed by atoms with E-state index in [-0.39, 0.29) is 6.10 Å². The van der Waals surface area contributed by atoms with E-state index in [2.05, 4.69) is 31.2 Å². The molecule has 2 rings (SSSR count). The minimum atomic E-state index is -0.309. The van der Waals surface area contributed by atoms with E-state index in [4.69, 9.17) is 11.6 Å². The highest BCUT2D eigenvalue weighted by molar-refractivity contribution is 6.21. The summed E-state index contributed by atoms with van der Waals surface area (Å²) >= 11 is 6.35. The average molecular weight is 281 g/mol. The van der Waals surface area contributed by atoms with E-state index >= 15 is 0 Å². The van der Waals surface area contributed by atoms with Crippen molar-refractivity contribution in [2.45, 2.75) is 69.3 Å². The second kappa shape index (κ2) is 7.31. The fourth-order valence-electron chi connectivity index (χ4n) is 3.01. The zero-order valence-corrected chi connectivity index (χ0v) is 12.6. The summed E-state index contributed by atoms with van der Waals surface area (Å²) in [6.07, 6.45) is 7.63. The fraction of sp³-hybridized carbons (Fsp3) is 0.647. The van der Waals surface area contributed by atoms with Gasteiger partial charge in [0.1, 0.15) is 0 Å². The molecule has 0 radical (unpaired) electrons. The molecule has 19 heavy (non-hydrogen) atoms. The molecule has 1 saturated carbocycles. The Morgan fingerprint density at radius 2 is 1.95 bits per heavy atom. The summed E-state index contributed by atoms with van der Waals surface area (Å²) in [5.41, 5.74) is 2.38. The summed E-state index contributed by atoms with van der Waals surface area (Å²) in [5, 5.41) is 10.4. The van der Waals surface area contributed by atoms with Crippen LogP contribution in [0.3, 0.4) is 0 Å². The Kier molecular flexibility index (Phi) is 5.72. The molecule has 1 fully saturated rings. The maximum Gasteiger partial charge on any atom is 0.0790 e. The Morgan fingerprint density at radius 3 is 2.53 bits per heavy atom. The van der Waals surface area contributed by atoms with Gasteiger partial charge in [0.25, 0.3) is 0 Å². The Hall–Kier alpha value is -0.530. The van der Waals surface area contributed by atoms with Crippen molar-refractivity contribution in [2.75, 3.05) is 0 Å². The minimum absolute atomic E-state index is 0.292. The van der Waals surface area contributed by atoms with Crippen molar-refractivity contribution in [3.8, 4) is 0 Å². The first-order chi connectivity index (χ1) is 9.22. The Morgan fingerprint density at radius 1 is 1.21 bits per heavy atom. The predicted octanol–water partition coefficient (Wildman–Crippen LogP) is 5.18. The van der Waals surface area contributed by atoms with Crippen LogP contribution in [0.1, 0.15) is 75.0 Å². The number of halogens is 1. The van der Waals surface area contributed by atoms with Gasteiger partial charge in [-0.2, -0.15) is 0 Å². The van der Waals surface area contributed by atoms with Crippen molar-refractivity contribution >= 4 is 11.6 Å². The summed E-state index contributed by atoms with van der Waals surface area (Å²) in [5.74, 6) is 0.507. The summed E-state index contributed by atoms with van der Waals surface area (Å²) in [7, 11) is 0. The zero-order valence-electron chi connectivity index (χ0n) is 11.8. The molecule has 0 saturated heterocycles. The Labute approximate surface area is 122 Å². The summed E-state index contributed by atoms with van der Waals surface area (Å²) in [4.78, 5) is 0. The topological polar surface area (TPSA) is 20.2 Å². The van der Waals surface area contributed by atoms with E-state index in [1.807, 2.05) is 0 Å². The minimum Gasteiger partial charge on any atom is -0.388 e. The quantitative estimate of drug-likeness (QED) is 0.563. The van der Waals surface area contributed by atoms with Gasteiger partial charge < -0.3 is 5.11 Å². The second-order valence-corrected chi connectivity index (χ2v) is 6.29. The lowest BCUT2D eigenvalue weighted by Crippen LogP contribution is -2.05. The first kappa shape index (κ1) is 14.9. The van der Waals surface area contributed by atoms with E-state index < -0.39 is 0 Å². The third-order valence-corrected chi connectivity index (χ3v) is 4.78. The molecule has 0 aliphatic heterocycles. The Balaban J connectivity index is 1.94. The second-order valence-electron chi connectivity index (χ2n) is 5.73. The molecule has 0 heterocycles. The van der Waals surface area contributed by atoms with Gasteiger partial charge in [0.05, 0.1) is 6.10 Å². The maximum absolute atomic E-state index is 10.1. The first-order valence-corrected chi connectivity index (χ1v) is 8.08. The van der Waals surface area contributed by atoms with Crippen molar-refractivity contribution in [3.05, 3.63) is 35.4 Å². The molecule has 3 atom stereocenters. The molecule has 1 nitrogen and oxygen atoms in total. The molecule has 0 spiro atoms. The predicted molar refractivity (Wildman–Crippen MR) is 81.8 cm³/mol. The van der Waals surface area contributed by atoms with E-state index in [1.54, 1.807) is 0 Å². The fourth-order valence-corrected chi connectivity index (χ4v) is 3.44.